The number of ether oxygens (including phenoxy) is 2. The highest BCUT2D eigenvalue weighted by atomic mass is 16.5. The molecule has 1 atom stereocenters. The fourth-order valence-electron chi connectivity index (χ4n) is 3.31. The summed E-state index contributed by atoms with van der Waals surface area (Å²) >= 11 is 0. The highest BCUT2D eigenvalue weighted by molar-refractivity contribution is 6.01. The van der Waals surface area contributed by atoms with Crippen LogP contribution in [0.25, 0.3) is 0 Å². The average Bonchev–Trinajstić information content (AvgIpc) is 2.91. The van der Waals surface area contributed by atoms with Gasteiger partial charge in [0.15, 0.2) is 18.5 Å². The van der Waals surface area contributed by atoms with E-state index in [1.807, 2.05) is 6.92 Å². The lowest BCUT2D eigenvalue weighted by Crippen LogP contribution is -2.25. The zero-order valence-electron chi connectivity index (χ0n) is 20.6. The van der Waals surface area contributed by atoms with Crippen LogP contribution in [-0.2, 0) is 19.1 Å². The number of anilines is 1. The van der Waals surface area contributed by atoms with E-state index in [2.05, 4.69) is 5.32 Å². The number of rotatable bonds is 11. The van der Waals surface area contributed by atoms with Crippen molar-refractivity contribution in [3.05, 3.63) is 101 Å². The van der Waals surface area contributed by atoms with Crippen LogP contribution in [0.1, 0.15) is 56.4 Å². The number of Topliss-reactive ketones (excluding diaryl/α,β-unsaturated/α-hetero) is 2. The van der Waals surface area contributed by atoms with Gasteiger partial charge in [-0.05, 0) is 38.1 Å². The van der Waals surface area contributed by atoms with Gasteiger partial charge >= 0.3 is 11.9 Å². The fraction of sp³-hybridized carbons (Fsp3) is 0.207. The van der Waals surface area contributed by atoms with E-state index >= 15 is 0 Å². The van der Waals surface area contributed by atoms with Crippen LogP contribution in [0.5, 0.6) is 0 Å². The van der Waals surface area contributed by atoms with Crippen LogP contribution in [0.4, 0.5) is 5.69 Å². The minimum atomic E-state index is -0.964. The normalized spacial score (nSPS) is 11.2. The van der Waals surface area contributed by atoms with Crippen LogP contribution in [0.15, 0.2) is 78.9 Å². The zero-order chi connectivity index (χ0) is 26.8. The maximum absolute atomic E-state index is 12.4. The maximum Gasteiger partial charge on any atom is 0.338 e. The first-order valence-electron chi connectivity index (χ1n) is 11.7. The second-order valence-corrected chi connectivity index (χ2v) is 8.35. The van der Waals surface area contributed by atoms with Gasteiger partial charge in [0.05, 0.1) is 12.0 Å². The molecule has 3 aromatic rings. The number of hydrogen-bond acceptors (Lipinski definition) is 7. The molecule has 3 aromatic carbocycles. The van der Waals surface area contributed by atoms with E-state index in [4.69, 9.17) is 9.47 Å². The van der Waals surface area contributed by atoms with Crippen LogP contribution in [-0.4, -0.2) is 42.1 Å². The molecule has 0 heterocycles. The van der Waals surface area contributed by atoms with E-state index in [-0.39, 0.29) is 36.6 Å². The van der Waals surface area contributed by atoms with Crippen molar-refractivity contribution in [1.29, 1.82) is 0 Å². The first-order valence-corrected chi connectivity index (χ1v) is 11.7. The first-order chi connectivity index (χ1) is 17.7. The Morgan fingerprint density at radius 1 is 0.757 bits per heavy atom. The Morgan fingerprint density at radius 2 is 1.38 bits per heavy atom. The number of nitrogens with one attached hydrogen (secondary N) is 1. The molecule has 0 saturated carbocycles. The lowest BCUT2D eigenvalue weighted by Gasteiger charge is -2.12. The molecule has 0 bridgehead atoms. The summed E-state index contributed by atoms with van der Waals surface area (Å²) in [4.78, 5) is 60.9. The molecule has 37 heavy (non-hydrogen) atoms. The Bertz CT molecular complexity index is 1270. The summed E-state index contributed by atoms with van der Waals surface area (Å²) in [5.74, 6) is -2.39. The Balaban J connectivity index is 1.40. The second kappa shape index (κ2) is 12.9. The molecular weight excluding hydrogens is 474 g/mol. The van der Waals surface area contributed by atoms with Crippen molar-refractivity contribution in [3.63, 3.8) is 0 Å². The van der Waals surface area contributed by atoms with Gasteiger partial charge in [0.25, 0.3) is 0 Å². The van der Waals surface area contributed by atoms with Crippen molar-refractivity contribution < 1.29 is 33.4 Å². The Hall–Kier alpha value is -4.59. The molecule has 0 spiro atoms. The maximum atomic E-state index is 12.4. The van der Waals surface area contributed by atoms with Gasteiger partial charge in [0.2, 0.25) is 11.7 Å². The van der Waals surface area contributed by atoms with E-state index in [0.29, 0.717) is 16.8 Å². The smallest absolute Gasteiger partial charge is 0.338 e. The van der Waals surface area contributed by atoms with E-state index in [1.165, 1.54) is 31.2 Å². The van der Waals surface area contributed by atoms with Crippen LogP contribution >= 0.6 is 0 Å². The fourth-order valence-corrected chi connectivity index (χ4v) is 3.31. The summed E-state index contributed by atoms with van der Waals surface area (Å²) in [7, 11) is 0. The Labute approximate surface area is 214 Å². The lowest BCUT2D eigenvalue weighted by atomic mass is 10.1. The summed E-state index contributed by atoms with van der Waals surface area (Å²) in [6, 6.07) is 21.4. The molecular formula is C29H27NO7. The molecule has 3 rings (SSSR count). The molecule has 0 aromatic heterocycles. The Kier molecular flexibility index (Phi) is 9.43. The van der Waals surface area contributed by atoms with E-state index in [9.17, 15) is 24.0 Å². The van der Waals surface area contributed by atoms with Crippen LogP contribution in [0.2, 0.25) is 0 Å². The number of aryl methyl sites for hydroxylation is 1. The van der Waals surface area contributed by atoms with Gasteiger partial charge in [0, 0.05) is 23.2 Å². The quantitative estimate of drug-likeness (QED) is 0.302. The molecule has 0 unspecified atom stereocenters. The number of carbonyl (C=O) groups is 5. The summed E-state index contributed by atoms with van der Waals surface area (Å²) in [6.07, 6.45) is -1.30. The molecule has 0 saturated heterocycles. The molecule has 0 radical (unpaired) electrons. The monoisotopic (exact) mass is 501 g/mol. The second-order valence-electron chi connectivity index (χ2n) is 8.35. The molecule has 0 aliphatic rings. The van der Waals surface area contributed by atoms with E-state index in [0.717, 1.165) is 5.56 Å². The van der Waals surface area contributed by atoms with Crippen molar-refractivity contribution >= 4 is 35.1 Å². The van der Waals surface area contributed by atoms with E-state index < -0.39 is 23.9 Å². The topological polar surface area (TPSA) is 116 Å². The molecule has 190 valence electrons. The standard InChI is InChI=1S/C29H27NO7/c1-19-8-10-22(11-9-19)28(34)20(2)37-27(33)17-16-26(32)30-24-14-12-23(13-15-24)29(35)36-18-25(31)21-6-4-3-5-7-21/h3-15,20H,16-18H2,1-2H3,(H,30,32)/t20-/m1/s1. The van der Waals surface area contributed by atoms with Crippen LogP contribution in [0.3, 0.4) is 0 Å². The molecule has 0 fully saturated rings. The third kappa shape index (κ3) is 8.24. The first kappa shape index (κ1) is 27.0. The predicted molar refractivity (Wildman–Crippen MR) is 136 cm³/mol. The average molecular weight is 502 g/mol. The van der Waals surface area contributed by atoms with E-state index in [1.54, 1.807) is 54.6 Å². The number of benzene rings is 3. The summed E-state index contributed by atoms with van der Waals surface area (Å²) < 4.78 is 10.2. The van der Waals surface area contributed by atoms with Gasteiger partial charge in [-0.3, -0.25) is 19.2 Å². The molecule has 1 amide bonds. The molecule has 1 N–H and O–H groups in total. The largest absolute Gasteiger partial charge is 0.454 e. The van der Waals surface area contributed by atoms with Gasteiger partial charge < -0.3 is 14.8 Å². The minimum Gasteiger partial charge on any atom is -0.454 e. The highest BCUT2D eigenvalue weighted by Gasteiger charge is 2.20. The predicted octanol–water partition coefficient (Wildman–Crippen LogP) is 4.57. The third-order valence-electron chi connectivity index (χ3n) is 5.40. The highest BCUT2D eigenvalue weighted by Crippen LogP contribution is 2.13. The molecule has 0 aliphatic heterocycles. The lowest BCUT2D eigenvalue weighted by molar-refractivity contribution is -0.147. The van der Waals surface area contributed by atoms with Crippen molar-refractivity contribution in [1.82, 2.24) is 0 Å². The Morgan fingerprint density at radius 3 is 2.03 bits per heavy atom. The number of carbonyl (C=O) groups excluding carboxylic acids is 5. The van der Waals surface area contributed by atoms with Crippen molar-refractivity contribution in [2.75, 3.05) is 11.9 Å². The van der Waals surface area contributed by atoms with Crippen molar-refractivity contribution in [2.45, 2.75) is 32.8 Å². The number of hydrogen-bond donors (Lipinski definition) is 1. The third-order valence-corrected chi connectivity index (χ3v) is 5.40. The van der Waals surface area contributed by atoms with Gasteiger partial charge in [-0.25, -0.2) is 4.79 Å². The minimum absolute atomic E-state index is 0.143. The number of esters is 2. The van der Waals surface area contributed by atoms with Gasteiger partial charge in [-0.2, -0.15) is 0 Å². The van der Waals surface area contributed by atoms with Gasteiger partial charge in [0.1, 0.15) is 0 Å². The molecule has 8 nitrogen and oxygen atoms in total. The van der Waals surface area contributed by atoms with Crippen LogP contribution in [0, 0.1) is 6.92 Å². The molecule has 8 heteroatoms. The van der Waals surface area contributed by atoms with Crippen molar-refractivity contribution in [2.24, 2.45) is 0 Å². The molecule has 0 aliphatic carbocycles. The summed E-state index contributed by atoms with van der Waals surface area (Å²) in [5.41, 5.74) is 2.54. The SMILES string of the molecule is Cc1ccc(C(=O)[C@@H](C)OC(=O)CCC(=O)Nc2ccc(C(=O)OCC(=O)c3ccccc3)cc2)cc1. The van der Waals surface area contributed by atoms with Crippen molar-refractivity contribution in [3.8, 4) is 0 Å². The van der Waals surface area contributed by atoms with Gasteiger partial charge in [-0.1, -0.05) is 60.2 Å². The zero-order valence-corrected chi connectivity index (χ0v) is 20.6. The number of amides is 1. The summed E-state index contributed by atoms with van der Waals surface area (Å²) in [6.45, 7) is 3.01. The number of ketones is 2. The van der Waals surface area contributed by atoms with Crippen LogP contribution < -0.4 is 5.32 Å². The van der Waals surface area contributed by atoms with Gasteiger partial charge in [-0.15, -0.1) is 0 Å². The summed E-state index contributed by atoms with van der Waals surface area (Å²) in [5, 5.41) is 2.62.